The molecule has 0 aromatic heterocycles. The van der Waals surface area contributed by atoms with E-state index in [0.29, 0.717) is 0 Å². The van der Waals surface area contributed by atoms with Crippen LogP contribution in [0.3, 0.4) is 0 Å². The first-order chi connectivity index (χ1) is 27.5. The normalized spacial score (nSPS) is 14.5. The van der Waals surface area contributed by atoms with Gasteiger partial charge in [-0.3, -0.25) is 0 Å². The molecule has 2 aliphatic carbocycles. The van der Waals surface area contributed by atoms with Gasteiger partial charge in [-0.25, -0.2) is 0 Å². The Bertz CT molecular complexity index is 2780. The Hall–Kier alpha value is -6.18. The molecule has 278 valence electrons. The van der Waals surface area contributed by atoms with Crippen LogP contribution in [-0.4, -0.2) is 0 Å². The van der Waals surface area contributed by atoms with E-state index in [-0.39, 0.29) is 16.2 Å². The van der Waals surface area contributed by atoms with Gasteiger partial charge in [-0.2, -0.15) is 0 Å². The van der Waals surface area contributed by atoms with E-state index in [1.54, 1.807) is 0 Å². The highest BCUT2D eigenvalue weighted by molar-refractivity contribution is 6.08. The largest absolute Gasteiger partial charge is 0.309 e. The molecule has 0 saturated carbocycles. The van der Waals surface area contributed by atoms with Crippen LogP contribution in [0.5, 0.6) is 0 Å². The third-order valence-electron chi connectivity index (χ3n) is 12.9. The molecular weight excluding hydrogens is 687 g/mol. The fourth-order valence-corrected chi connectivity index (χ4v) is 10.4. The third-order valence-corrected chi connectivity index (χ3v) is 12.9. The van der Waals surface area contributed by atoms with Gasteiger partial charge in [0.2, 0.25) is 0 Å². The number of nitrogens with zero attached hydrogens (tertiary/aromatic N) is 1. The average Bonchev–Trinajstić information content (AvgIpc) is 3.61. The molecule has 8 aromatic carbocycles. The van der Waals surface area contributed by atoms with Crippen LogP contribution in [0.15, 0.2) is 170 Å². The van der Waals surface area contributed by atoms with Gasteiger partial charge in [0.15, 0.2) is 0 Å². The molecule has 0 saturated heterocycles. The number of hydrogen-bond donors (Lipinski definition) is 0. The first-order valence-electron chi connectivity index (χ1n) is 20.5. The lowest BCUT2D eigenvalue weighted by Gasteiger charge is -2.40. The van der Waals surface area contributed by atoms with Gasteiger partial charge < -0.3 is 4.90 Å². The minimum absolute atomic E-state index is 0.134. The molecule has 0 spiro atoms. The van der Waals surface area contributed by atoms with Crippen molar-refractivity contribution in [3.8, 4) is 44.5 Å². The predicted molar refractivity (Wildman–Crippen MR) is 243 cm³/mol. The number of hydrogen-bond acceptors (Lipinski definition) is 1. The van der Waals surface area contributed by atoms with Crippen molar-refractivity contribution in [2.75, 3.05) is 4.90 Å². The van der Waals surface area contributed by atoms with Crippen molar-refractivity contribution < 1.29 is 0 Å². The molecule has 0 bridgehead atoms. The Kier molecular flexibility index (Phi) is 7.83. The summed E-state index contributed by atoms with van der Waals surface area (Å²) in [6, 6.07) is 63.2. The summed E-state index contributed by atoms with van der Waals surface area (Å²) >= 11 is 0. The van der Waals surface area contributed by atoms with Crippen molar-refractivity contribution in [2.45, 2.75) is 64.7 Å². The lowest BCUT2D eigenvalue weighted by atomic mass is 9.70. The van der Waals surface area contributed by atoms with Crippen LogP contribution < -0.4 is 4.90 Å². The molecule has 0 unspecified atom stereocenters. The van der Waals surface area contributed by atoms with E-state index in [0.717, 1.165) is 0 Å². The van der Waals surface area contributed by atoms with E-state index in [1.165, 1.54) is 100 Å². The highest BCUT2D eigenvalue weighted by Crippen LogP contribution is 2.66. The molecule has 2 aliphatic rings. The van der Waals surface area contributed by atoms with Crippen LogP contribution >= 0.6 is 0 Å². The quantitative estimate of drug-likeness (QED) is 0.170. The summed E-state index contributed by atoms with van der Waals surface area (Å²) in [5.74, 6) is 0. The summed E-state index contributed by atoms with van der Waals surface area (Å²) in [7, 11) is 0. The molecule has 0 radical (unpaired) electrons. The van der Waals surface area contributed by atoms with E-state index < -0.39 is 0 Å². The smallest absolute Gasteiger partial charge is 0.0556 e. The number of benzene rings is 8. The Morgan fingerprint density at radius 1 is 0.421 bits per heavy atom. The topological polar surface area (TPSA) is 3.24 Å². The first kappa shape index (κ1) is 35.2. The van der Waals surface area contributed by atoms with Gasteiger partial charge in [0.1, 0.15) is 0 Å². The van der Waals surface area contributed by atoms with Gasteiger partial charge >= 0.3 is 0 Å². The zero-order chi connectivity index (χ0) is 39.3. The summed E-state index contributed by atoms with van der Waals surface area (Å²) in [6.45, 7) is 17.1. The van der Waals surface area contributed by atoms with Gasteiger partial charge in [0, 0.05) is 21.8 Å². The van der Waals surface area contributed by atoms with Crippen LogP contribution in [0.1, 0.15) is 76.3 Å². The summed E-state index contributed by atoms with van der Waals surface area (Å²) in [5.41, 5.74) is 20.3. The fraction of sp³-hybridized carbons (Fsp3) is 0.179. The minimum atomic E-state index is -0.291. The molecule has 1 nitrogen and oxygen atoms in total. The van der Waals surface area contributed by atoms with Crippen LogP contribution in [-0.2, 0) is 16.2 Å². The van der Waals surface area contributed by atoms with Crippen molar-refractivity contribution in [3.63, 3.8) is 0 Å². The Morgan fingerprint density at radius 2 is 0.930 bits per heavy atom. The maximum atomic E-state index is 2.69. The standard InChI is InChI=1S/C56H49N/c1-54(2,3)50-48-41-28-16-18-30-44(41)55(4,5)51(48)53(52-49(50)42-29-17-19-31-45(42)56(52,6)7)57(46-32-20-26-37-25-14-15-27-40(37)46)47-34-33-39(36-21-10-8-11-22-36)35-43(47)38-23-12-9-13-24-38/h8-35H,1-7H3. The summed E-state index contributed by atoms with van der Waals surface area (Å²) in [6.07, 6.45) is 0. The van der Waals surface area contributed by atoms with Crippen molar-refractivity contribution in [2.24, 2.45) is 0 Å². The highest BCUT2D eigenvalue weighted by Gasteiger charge is 2.50. The summed E-state index contributed by atoms with van der Waals surface area (Å²) in [5, 5.41) is 2.46. The molecule has 0 heterocycles. The van der Waals surface area contributed by atoms with E-state index >= 15 is 0 Å². The van der Waals surface area contributed by atoms with Crippen LogP contribution in [0.2, 0.25) is 0 Å². The molecule has 0 fully saturated rings. The Balaban J connectivity index is 1.44. The monoisotopic (exact) mass is 735 g/mol. The van der Waals surface area contributed by atoms with E-state index in [1.807, 2.05) is 0 Å². The number of fused-ring (bicyclic) bond motifs is 7. The lowest BCUT2D eigenvalue weighted by Crippen LogP contribution is -2.28. The van der Waals surface area contributed by atoms with Gasteiger partial charge in [-0.05, 0) is 95.8 Å². The second-order valence-corrected chi connectivity index (χ2v) is 18.1. The minimum Gasteiger partial charge on any atom is -0.309 e. The molecule has 0 N–H and O–H groups in total. The molecule has 0 amide bonds. The van der Waals surface area contributed by atoms with Crippen molar-refractivity contribution in [3.05, 3.63) is 198 Å². The van der Waals surface area contributed by atoms with Gasteiger partial charge in [0.05, 0.1) is 17.1 Å². The van der Waals surface area contributed by atoms with Gasteiger partial charge in [0.25, 0.3) is 0 Å². The molecule has 10 rings (SSSR count). The SMILES string of the molecule is CC(C)(C)c1c2c(c(N(c3ccc(-c4ccccc4)cc3-c3ccccc3)c3cccc4ccccc34)c3c1-c1ccccc1C3(C)C)C(C)(C)c1ccccc1-2. The second kappa shape index (κ2) is 12.7. The Labute approximate surface area is 338 Å². The molecule has 1 heteroatoms. The van der Waals surface area contributed by atoms with E-state index in [4.69, 9.17) is 0 Å². The van der Waals surface area contributed by atoms with E-state index in [2.05, 4.69) is 223 Å². The number of rotatable bonds is 5. The zero-order valence-electron chi connectivity index (χ0n) is 34.1. The lowest BCUT2D eigenvalue weighted by molar-refractivity contribution is 0.587. The van der Waals surface area contributed by atoms with Crippen LogP contribution in [0.25, 0.3) is 55.3 Å². The summed E-state index contributed by atoms with van der Waals surface area (Å²) < 4.78 is 0. The maximum Gasteiger partial charge on any atom is 0.0556 e. The molecule has 57 heavy (non-hydrogen) atoms. The van der Waals surface area contributed by atoms with Gasteiger partial charge in [-0.15, -0.1) is 0 Å². The highest BCUT2D eigenvalue weighted by atomic mass is 15.2. The second-order valence-electron chi connectivity index (χ2n) is 18.1. The van der Waals surface area contributed by atoms with E-state index in [9.17, 15) is 0 Å². The molecule has 0 aliphatic heterocycles. The Morgan fingerprint density at radius 3 is 1.53 bits per heavy atom. The fourth-order valence-electron chi connectivity index (χ4n) is 10.4. The van der Waals surface area contributed by atoms with Crippen molar-refractivity contribution in [1.82, 2.24) is 0 Å². The number of anilines is 3. The molecule has 8 aromatic rings. The maximum absolute atomic E-state index is 2.69. The van der Waals surface area contributed by atoms with Gasteiger partial charge in [-0.1, -0.05) is 200 Å². The van der Waals surface area contributed by atoms with Crippen LogP contribution in [0.4, 0.5) is 17.1 Å². The first-order valence-corrected chi connectivity index (χ1v) is 20.5. The average molecular weight is 736 g/mol. The van der Waals surface area contributed by atoms with Crippen LogP contribution in [0, 0.1) is 0 Å². The third kappa shape index (κ3) is 5.21. The zero-order valence-corrected chi connectivity index (χ0v) is 34.1. The molecule has 0 atom stereocenters. The van der Waals surface area contributed by atoms with Crippen molar-refractivity contribution >= 4 is 27.8 Å². The summed E-state index contributed by atoms with van der Waals surface area (Å²) in [4.78, 5) is 2.69. The molecular formula is C56H49N. The van der Waals surface area contributed by atoms with Crippen molar-refractivity contribution in [1.29, 1.82) is 0 Å². The predicted octanol–water partition coefficient (Wildman–Crippen LogP) is 15.6.